The van der Waals surface area contributed by atoms with Crippen molar-refractivity contribution in [2.45, 2.75) is 12.5 Å². The summed E-state index contributed by atoms with van der Waals surface area (Å²) in [4.78, 5) is 4.00. The number of nitrogens with two attached hydrogens (primary N) is 1. The Kier molecular flexibility index (Phi) is 5.08. The largest absolute Gasteiger partial charge is 0.495 e. The summed E-state index contributed by atoms with van der Waals surface area (Å²) in [6.07, 6.45) is 3.60. The van der Waals surface area contributed by atoms with Gasteiger partial charge >= 0.3 is 0 Å². The van der Waals surface area contributed by atoms with Crippen molar-refractivity contribution < 1.29 is 13.9 Å². The van der Waals surface area contributed by atoms with Gasteiger partial charge in [0.1, 0.15) is 5.75 Å². The van der Waals surface area contributed by atoms with Crippen LogP contribution >= 0.6 is 0 Å². The van der Waals surface area contributed by atoms with Crippen molar-refractivity contribution in [1.82, 2.24) is 10.4 Å². The Balaban J connectivity index is 2.31. The Morgan fingerprint density at radius 1 is 1.24 bits per heavy atom. The van der Waals surface area contributed by atoms with Crippen molar-refractivity contribution in [2.75, 3.05) is 14.2 Å². The number of hydrogen-bond donors (Lipinski definition) is 2. The van der Waals surface area contributed by atoms with E-state index in [0.717, 1.165) is 5.56 Å². The number of halogens is 1. The molecular weight excluding hydrogens is 273 g/mol. The molecule has 2 aromatic rings. The fourth-order valence-electron chi connectivity index (χ4n) is 2.20. The second kappa shape index (κ2) is 7.01. The molecule has 6 heteroatoms. The van der Waals surface area contributed by atoms with Crippen LogP contribution in [-0.2, 0) is 6.42 Å². The molecule has 0 fully saturated rings. The van der Waals surface area contributed by atoms with Crippen LogP contribution in [0.15, 0.2) is 36.7 Å². The summed E-state index contributed by atoms with van der Waals surface area (Å²) in [5.41, 5.74) is 4.02. The predicted octanol–water partition coefficient (Wildman–Crippen LogP) is 1.98. The lowest BCUT2D eigenvalue weighted by atomic mass is 9.99. The van der Waals surface area contributed by atoms with Gasteiger partial charge in [-0.3, -0.25) is 16.3 Å². The summed E-state index contributed by atoms with van der Waals surface area (Å²) in [5, 5.41) is 0. The van der Waals surface area contributed by atoms with E-state index in [0.29, 0.717) is 17.7 Å². The zero-order valence-corrected chi connectivity index (χ0v) is 12.0. The molecule has 0 aliphatic heterocycles. The van der Waals surface area contributed by atoms with Gasteiger partial charge in [0.05, 0.1) is 26.5 Å². The van der Waals surface area contributed by atoms with E-state index in [-0.39, 0.29) is 17.6 Å². The van der Waals surface area contributed by atoms with Crippen LogP contribution in [0.2, 0.25) is 0 Å². The molecule has 0 saturated heterocycles. The van der Waals surface area contributed by atoms with E-state index in [1.165, 1.54) is 7.11 Å². The zero-order valence-electron chi connectivity index (χ0n) is 12.0. The van der Waals surface area contributed by atoms with Crippen molar-refractivity contribution in [3.8, 4) is 11.5 Å². The average Bonchev–Trinajstić information content (AvgIpc) is 2.54. The topological polar surface area (TPSA) is 69.4 Å². The van der Waals surface area contributed by atoms with Gasteiger partial charge in [-0.2, -0.15) is 0 Å². The Hall–Kier alpha value is -2.18. The van der Waals surface area contributed by atoms with Crippen LogP contribution in [-0.4, -0.2) is 19.2 Å². The summed E-state index contributed by atoms with van der Waals surface area (Å²) < 4.78 is 24.5. The number of nitrogens with one attached hydrogen (secondary N) is 1. The van der Waals surface area contributed by atoms with Crippen LogP contribution in [0.1, 0.15) is 17.2 Å². The van der Waals surface area contributed by atoms with Gasteiger partial charge in [0.15, 0.2) is 11.6 Å². The van der Waals surface area contributed by atoms with Gasteiger partial charge in [0, 0.05) is 11.8 Å². The number of rotatable bonds is 6. The second-order valence-electron chi connectivity index (χ2n) is 4.47. The van der Waals surface area contributed by atoms with Crippen LogP contribution in [0.4, 0.5) is 4.39 Å². The second-order valence-corrected chi connectivity index (χ2v) is 4.47. The average molecular weight is 291 g/mol. The van der Waals surface area contributed by atoms with Crippen molar-refractivity contribution >= 4 is 0 Å². The molecular formula is C15H18FN3O2. The molecule has 0 amide bonds. The highest BCUT2D eigenvalue weighted by Crippen LogP contribution is 2.28. The number of benzene rings is 1. The van der Waals surface area contributed by atoms with E-state index in [1.807, 2.05) is 0 Å². The quantitative estimate of drug-likeness (QED) is 0.629. The van der Waals surface area contributed by atoms with E-state index < -0.39 is 0 Å². The molecule has 3 N–H and O–H groups in total. The molecule has 0 spiro atoms. The Labute approximate surface area is 122 Å². The van der Waals surface area contributed by atoms with E-state index >= 15 is 0 Å². The van der Waals surface area contributed by atoms with Crippen LogP contribution in [0.25, 0.3) is 0 Å². The lowest BCUT2D eigenvalue weighted by Crippen LogP contribution is -2.30. The molecule has 112 valence electrons. The molecule has 0 aliphatic rings. The highest BCUT2D eigenvalue weighted by atomic mass is 19.1. The van der Waals surface area contributed by atoms with Crippen LogP contribution in [0.3, 0.4) is 0 Å². The molecule has 21 heavy (non-hydrogen) atoms. The van der Waals surface area contributed by atoms with Crippen LogP contribution in [0.5, 0.6) is 11.5 Å². The first-order valence-electron chi connectivity index (χ1n) is 6.46. The SMILES string of the molecule is COc1cnccc1C(Cc1cccc(OC)c1F)NN. The molecule has 0 aliphatic carbocycles. The van der Waals surface area contributed by atoms with E-state index in [1.54, 1.807) is 43.8 Å². The molecule has 1 aromatic heterocycles. The first-order valence-corrected chi connectivity index (χ1v) is 6.46. The normalized spacial score (nSPS) is 12.0. The summed E-state index contributed by atoms with van der Waals surface area (Å²) in [5.74, 6) is 6.05. The third-order valence-electron chi connectivity index (χ3n) is 3.30. The summed E-state index contributed by atoms with van der Waals surface area (Å²) >= 11 is 0. The van der Waals surface area contributed by atoms with Gasteiger partial charge in [0.2, 0.25) is 0 Å². The maximum absolute atomic E-state index is 14.2. The summed E-state index contributed by atoms with van der Waals surface area (Å²) in [6, 6.07) is 6.52. The summed E-state index contributed by atoms with van der Waals surface area (Å²) in [6.45, 7) is 0. The highest BCUT2D eigenvalue weighted by Gasteiger charge is 2.18. The fourth-order valence-corrected chi connectivity index (χ4v) is 2.20. The van der Waals surface area contributed by atoms with Crippen molar-refractivity contribution in [1.29, 1.82) is 0 Å². The number of ether oxygens (including phenoxy) is 2. The van der Waals surface area contributed by atoms with Gasteiger partial charge in [-0.15, -0.1) is 0 Å². The van der Waals surface area contributed by atoms with Gasteiger partial charge in [-0.25, -0.2) is 4.39 Å². The molecule has 1 heterocycles. The van der Waals surface area contributed by atoms with Gasteiger partial charge < -0.3 is 9.47 Å². The zero-order chi connectivity index (χ0) is 15.2. The fraction of sp³-hybridized carbons (Fsp3) is 0.267. The molecule has 0 bridgehead atoms. The monoisotopic (exact) mass is 291 g/mol. The predicted molar refractivity (Wildman–Crippen MR) is 77.5 cm³/mol. The molecule has 1 unspecified atom stereocenters. The number of pyridine rings is 1. The van der Waals surface area contributed by atoms with E-state index in [2.05, 4.69) is 10.4 Å². The Morgan fingerprint density at radius 2 is 2.00 bits per heavy atom. The minimum Gasteiger partial charge on any atom is -0.495 e. The first-order chi connectivity index (χ1) is 10.2. The maximum Gasteiger partial charge on any atom is 0.168 e. The van der Waals surface area contributed by atoms with Gasteiger partial charge in [0.25, 0.3) is 0 Å². The molecule has 0 saturated carbocycles. The van der Waals surface area contributed by atoms with Crippen LogP contribution < -0.4 is 20.7 Å². The minimum atomic E-state index is -0.381. The molecule has 1 atom stereocenters. The first kappa shape index (κ1) is 15.2. The highest BCUT2D eigenvalue weighted by molar-refractivity contribution is 5.36. The molecule has 0 radical (unpaired) electrons. The van der Waals surface area contributed by atoms with Gasteiger partial charge in [-0.05, 0) is 24.1 Å². The van der Waals surface area contributed by atoms with Crippen LogP contribution in [0, 0.1) is 5.82 Å². The third kappa shape index (κ3) is 3.29. The number of hydrogen-bond acceptors (Lipinski definition) is 5. The number of nitrogens with zero attached hydrogens (tertiary/aromatic N) is 1. The number of methoxy groups -OCH3 is 2. The minimum absolute atomic E-state index is 0.213. The van der Waals surface area contributed by atoms with Crippen molar-refractivity contribution in [3.05, 3.63) is 53.6 Å². The van der Waals surface area contributed by atoms with Crippen molar-refractivity contribution in [2.24, 2.45) is 5.84 Å². The smallest absolute Gasteiger partial charge is 0.168 e. The Morgan fingerprint density at radius 3 is 2.67 bits per heavy atom. The third-order valence-corrected chi connectivity index (χ3v) is 3.30. The number of hydrazine groups is 1. The lowest BCUT2D eigenvalue weighted by Gasteiger charge is -2.19. The number of aromatic nitrogens is 1. The van der Waals surface area contributed by atoms with Crippen molar-refractivity contribution in [3.63, 3.8) is 0 Å². The lowest BCUT2D eigenvalue weighted by molar-refractivity contribution is 0.380. The van der Waals surface area contributed by atoms with E-state index in [4.69, 9.17) is 15.3 Å². The van der Waals surface area contributed by atoms with Gasteiger partial charge in [-0.1, -0.05) is 12.1 Å². The maximum atomic E-state index is 14.2. The molecule has 2 rings (SSSR count). The Bertz CT molecular complexity index is 607. The molecule has 5 nitrogen and oxygen atoms in total. The van der Waals surface area contributed by atoms with E-state index in [9.17, 15) is 4.39 Å². The summed E-state index contributed by atoms with van der Waals surface area (Å²) in [7, 11) is 2.99. The molecule has 1 aromatic carbocycles. The standard InChI is InChI=1S/C15H18FN3O2/c1-20-13-5-3-4-10(15(13)16)8-12(19-17)11-6-7-18-9-14(11)21-2/h3-7,9,12,19H,8,17H2,1-2H3.